The number of carbonyl (C=O) groups excluding carboxylic acids is 1. The van der Waals surface area contributed by atoms with E-state index in [2.05, 4.69) is 22.3 Å². The molecule has 1 N–H and O–H groups in total. The molecule has 2 heterocycles. The lowest BCUT2D eigenvalue weighted by Gasteiger charge is -2.07. The zero-order chi connectivity index (χ0) is 19.2. The highest BCUT2D eigenvalue weighted by molar-refractivity contribution is 5.76. The summed E-state index contributed by atoms with van der Waals surface area (Å²) < 4.78 is 16.0. The Hall–Kier alpha value is -3.03. The zero-order valence-corrected chi connectivity index (χ0v) is 15.2. The van der Waals surface area contributed by atoms with Gasteiger partial charge in [0.25, 0.3) is 5.56 Å². The van der Waals surface area contributed by atoms with Crippen molar-refractivity contribution in [2.45, 2.75) is 39.2 Å². The Kier molecular flexibility index (Phi) is 5.95. The van der Waals surface area contributed by atoms with Crippen molar-refractivity contribution in [2.24, 2.45) is 0 Å². The molecule has 2 aromatic heterocycles. The molecule has 7 nitrogen and oxygen atoms in total. The summed E-state index contributed by atoms with van der Waals surface area (Å²) in [6.45, 7) is 3.02. The first-order chi connectivity index (χ1) is 13.1. The maximum atomic E-state index is 13.1. The number of unbranched alkanes of at least 4 members (excludes halogenated alkanes) is 2. The zero-order valence-electron chi connectivity index (χ0n) is 15.2. The molecule has 0 radical (unpaired) electrons. The van der Waals surface area contributed by atoms with E-state index >= 15 is 0 Å². The molecule has 0 unspecified atom stereocenters. The van der Waals surface area contributed by atoms with Crippen LogP contribution in [-0.4, -0.2) is 31.8 Å². The van der Waals surface area contributed by atoms with Crippen molar-refractivity contribution in [1.29, 1.82) is 0 Å². The van der Waals surface area contributed by atoms with Crippen molar-refractivity contribution in [3.63, 3.8) is 0 Å². The first kappa shape index (κ1) is 18.8. The lowest BCUT2D eigenvalue weighted by atomic mass is 10.2. The van der Waals surface area contributed by atoms with Crippen molar-refractivity contribution >= 4 is 16.9 Å². The molecule has 0 aliphatic rings. The third-order valence-corrected chi connectivity index (χ3v) is 4.31. The molecule has 0 aliphatic heterocycles. The van der Waals surface area contributed by atoms with E-state index in [0.717, 1.165) is 19.3 Å². The SMILES string of the molecule is CCCCCNC(=O)CCn1cnc2c(cnn2-c2ccc(F)cc2)c1=O. The Morgan fingerprint density at radius 2 is 2.00 bits per heavy atom. The molecule has 0 aliphatic carbocycles. The van der Waals surface area contributed by atoms with Gasteiger partial charge in [0.2, 0.25) is 5.91 Å². The van der Waals surface area contributed by atoms with Crippen LogP contribution in [0, 0.1) is 5.82 Å². The molecule has 0 bridgehead atoms. The van der Waals surface area contributed by atoms with Gasteiger partial charge in [-0.1, -0.05) is 19.8 Å². The molecule has 0 saturated heterocycles. The van der Waals surface area contributed by atoms with E-state index < -0.39 is 0 Å². The number of halogens is 1. The molecule has 27 heavy (non-hydrogen) atoms. The van der Waals surface area contributed by atoms with Gasteiger partial charge in [-0.3, -0.25) is 14.2 Å². The summed E-state index contributed by atoms with van der Waals surface area (Å²) in [4.78, 5) is 28.8. The second kappa shape index (κ2) is 8.57. The van der Waals surface area contributed by atoms with E-state index in [1.807, 2.05) is 0 Å². The minimum Gasteiger partial charge on any atom is -0.356 e. The first-order valence-electron chi connectivity index (χ1n) is 9.06. The predicted molar refractivity (Wildman–Crippen MR) is 100 cm³/mol. The van der Waals surface area contributed by atoms with Crippen LogP contribution in [0.4, 0.5) is 4.39 Å². The van der Waals surface area contributed by atoms with Gasteiger partial charge in [-0.05, 0) is 30.7 Å². The highest BCUT2D eigenvalue weighted by Gasteiger charge is 2.12. The van der Waals surface area contributed by atoms with Gasteiger partial charge < -0.3 is 5.32 Å². The summed E-state index contributed by atoms with van der Waals surface area (Å²) in [6.07, 6.45) is 6.20. The Labute approximate surface area is 155 Å². The van der Waals surface area contributed by atoms with Crippen LogP contribution in [0.3, 0.4) is 0 Å². The molecule has 142 valence electrons. The smallest absolute Gasteiger partial charge is 0.264 e. The van der Waals surface area contributed by atoms with Gasteiger partial charge in [0.1, 0.15) is 11.2 Å². The van der Waals surface area contributed by atoms with Gasteiger partial charge in [0, 0.05) is 19.5 Å². The number of amides is 1. The molecule has 0 spiro atoms. The van der Waals surface area contributed by atoms with Crippen molar-refractivity contribution in [3.8, 4) is 5.69 Å². The topological polar surface area (TPSA) is 81.8 Å². The van der Waals surface area contributed by atoms with Crippen molar-refractivity contribution in [3.05, 3.63) is 53.0 Å². The van der Waals surface area contributed by atoms with E-state index in [9.17, 15) is 14.0 Å². The van der Waals surface area contributed by atoms with Crippen LogP contribution >= 0.6 is 0 Å². The number of benzene rings is 1. The monoisotopic (exact) mass is 371 g/mol. The number of nitrogens with zero attached hydrogens (tertiary/aromatic N) is 4. The lowest BCUT2D eigenvalue weighted by Crippen LogP contribution is -2.28. The normalized spacial score (nSPS) is 11.0. The highest BCUT2D eigenvalue weighted by atomic mass is 19.1. The highest BCUT2D eigenvalue weighted by Crippen LogP contribution is 2.14. The molecule has 0 atom stereocenters. The number of carbonyl (C=O) groups is 1. The fourth-order valence-electron chi connectivity index (χ4n) is 2.79. The second-order valence-corrected chi connectivity index (χ2v) is 6.32. The van der Waals surface area contributed by atoms with E-state index in [1.54, 1.807) is 12.1 Å². The Bertz CT molecular complexity index is 978. The fraction of sp³-hybridized carbons (Fsp3) is 0.368. The van der Waals surface area contributed by atoms with E-state index in [-0.39, 0.29) is 30.2 Å². The minimum absolute atomic E-state index is 0.0832. The molecule has 0 fully saturated rings. The third-order valence-electron chi connectivity index (χ3n) is 4.31. The maximum absolute atomic E-state index is 13.1. The van der Waals surface area contributed by atoms with E-state index in [1.165, 1.54) is 33.9 Å². The Morgan fingerprint density at radius 1 is 1.22 bits per heavy atom. The van der Waals surface area contributed by atoms with Crippen LogP contribution in [0.15, 0.2) is 41.6 Å². The molecule has 1 aromatic carbocycles. The number of nitrogens with one attached hydrogen (secondary N) is 1. The summed E-state index contributed by atoms with van der Waals surface area (Å²) >= 11 is 0. The van der Waals surface area contributed by atoms with Gasteiger partial charge in [0.05, 0.1) is 18.2 Å². The fourth-order valence-corrected chi connectivity index (χ4v) is 2.79. The number of fused-ring (bicyclic) bond motifs is 1. The largest absolute Gasteiger partial charge is 0.356 e. The second-order valence-electron chi connectivity index (χ2n) is 6.32. The molecular weight excluding hydrogens is 349 g/mol. The average Bonchev–Trinajstić information content (AvgIpc) is 3.10. The van der Waals surface area contributed by atoms with Gasteiger partial charge in [0.15, 0.2) is 5.65 Å². The number of aromatic nitrogens is 4. The standard InChI is InChI=1S/C19H22FN5O2/c1-2-3-4-10-21-17(26)9-11-24-13-22-18-16(19(24)27)12-23-25(18)15-7-5-14(20)6-8-15/h5-8,12-13H,2-4,9-11H2,1H3,(H,21,26). The van der Waals surface area contributed by atoms with Crippen molar-refractivity contribution in [2.75, 3.05) is 6.54 Å². The molecular formula is C19H22FN5O2. The van der Waals surface area contributed by atoms with E-state index in [4.69, 9.17) is 0 Å². The van der Waals surface area contributed by atoms with Crippen molar-refractivity contribution in [1.82, 2.24) is 24.6 Å². The van der Waals surface area contributed by atoms with Crippen molar-refractivity contribution < 1.29 is 9.18 Å². The van der Waals surface area contributed by atoms with Crippen LogP contribution in [0.1, 0.15) is 32.6 Å². The number of aryl methyl sites for hydroxylation is 1. The Morgan fingerprint density at radius 3 is 2.74 bits per heavy atom. The molecule has 1 amide bonds. The maximum Gasteiger partial charge on any atom is 0.264 e. The van der Waals surface area contributed by atoms with Crippen LogP contribution in [0.5, 0.6) is 0 Å². The average molecular weight is 371 g/mol. The molecule has 8 heteroatoms. The van der Waals surface area contributed by atoms with E-state index in [0.29, 0.717) is 23.3 Å². The van der Waals surface area contributed by atoms with Crippen LogP contribution in [0.25, 0.3) is 16.7 Å². The van der Waals surface area contributed by atoms with Gasteiger partial charge >= 0.3 is 0 Å². The quantitative estimate of drug-likeness (QED) is 0.617. The summed E-state index contributed by atoms with van der Waals surface area (Å²) in [5.41, 5.74) is 0.751. The molecule has 3 rings (SSSR count). The number of hydrogen-bond donors (Lipinski definition) is 1. The summed E-state index contributed by atoms with van der Waals surface area (Å²) in [7, 11) is 0. The summed E-state index contributed by atoms with van der Waals surface area (Å²) in [5.74, 6) is -0.432. The first-order valence-corrected chi connectivity index (χ1v) is 9.06. The van der Waals surface area contributed by atoms with Crippen LogP contribution < -0.4 is 10.9 Å². The Balaban J connectivity index is 1.72. The van der Waals surface area contributed by atoms with Gasteiger partial charge in [-0.2, -0.15) is 5.10 Å². The van der Waals surface area contributed by atoms with Gasteiger partial charge in [-0.25, -0.2) is 14.1 Å². The number of hydrogen-bond acceptors (Lipinski definition) is 4. The van der Waals surface area contributed by atoms with Gasteiger partial charge in [-0.15, -0.1) is 0 Å². The number of rotatable bonds is 8. The lowest BCUT2D eigenvalue weighted by molar-refractivity contribution is -0.121. The molecule has 3 aromatic rings. The van der Waals surface area contributed by atoms with Crippen LogP contribution in [0.2, 0.25) is 0 Å². The summed E-state index contributed by atoms with van der Waals surface area (Å²) in [6, 6.07) is 5.78. The predicted octanol–water partition coefficient (Wildman–Crippen LogP) is 2.42. The summed E-state index contributed by atoms with van der Waals surface area (Å²) in [5, 5.41) is 7.39. The minimum atomic E-state index is -0.349. The van der Waals surface area contributed by atoms with Crippen LogP contribution in [-0.2, 0) is 11.3 Å². The molecule has 0 saturated carbocycles. The third kappa shape index (κ3) is 4.39.